The van der Waals surface area contributed by atoms with Crippen LogP contribution in [-0.2, 0) is 28.3 Å². The van der Waals surface area contributed by atoms with E-state index >= 15 is 0 Å². The number of carbonyl (C=O) groups is 1. The van der Waals surface area contributed by atoms with Gasteiger partial charge in [-0.05, 0) is 6.42 Å². The Bertz CT molecular complexity index is 294. The average molecular weight is 238 g/mol. The summed E-state index contributed by atoms with van der Waals surface area (Å²) >= 11 is 0. The van der Waals surface area contributed by atoms with Crippen molar-refractivity contribution in [3.8, 4) is 0 Å². The van der Waals surface area contributed by atoms with E-state index in [1.54, 1.807) is 6.92 Å². The van der Waals surface area contributed by atoms with Gasteiger partial charge in [0.1, 0.15) is 13.2 Å². The first-order valence-electron chi connectivity index (χ1n) is 4.34. The van der Waals surface area contributed by atoms with Crippen LogP contribution >= 0.6 is 0 Å². The van der Waals surface area contributed by atoms with Crippen molar-refractivity contribution in [3.63, 3.8) is 0 Å². The Labute approximate surface area is 89.1 Å². The second-order valence-electron chi connectivity index (χ2n) is 2.42. The summed E-state index contributed by atoms with van der Waals surface area (Å²) in [7, 11) is -3.97. The maximum absolute atomic E-state index is 10.9. The van der Waals surface area contributed by atoms with Crippen LogP contribution in [-0.4, -0.2) is 34.2 Å². The van der Waals surface area contributed by atoms with Gasteiger partial charge in [-0.1, -0.05) is 13.5 Å². The molecule has 0 spiro atoms. The van der Waals surface area contributed by atoms with Gasteiger partial charge in [-0.15, -0.1) is 0 Å². The number of hydrogen-bond donors (Lipinski definition) is 0. The molecule has 0 amide bonds. The standard InChI is InChI=1S/C8H14O6S/c1-3-5-13-15(10,11)14-7-6-12-8(9)4-2/h4H,2-3,5-7H2,1H3. The first-order chi connectivity index (χ1) is 7.02. The molecule has 0 unspecified atom stereocenters. The average Bonchev–Trinajstić information content (AvgIpc) is 2.21. The van der Waals surface area contributed by atoms with E-state index in [0.29, 0.717) is 6.42 Å². The molecule has 0 saturated heterocycles. The highest BCUT2D eigenvalue weighted by Gasteiger charge is 2.10. The quantitative estimate of drug-likeness (QED) is 0.346. The zero-order valence-corrected chi connectivity index (χ0v) is 9.29. The molecule has 0 fully saturated rings. The maximum Gasteiger partial charge on any atom is 0.399 e. The number of ether oxygens (including phenoxy) is 1. The molecule has 0 aromatic heterocycles. The van der Waals surface area contributed by atoms with E-state index in [1.807, 2.05) is 0 Å². The Morgan fingerprint density at radius 2 is 1.87 bits per heavy atom. The van der Waals surface area contributed by atoms with Crippen LogP contribution in [0.2, 0.25) is 0 Å². The topological polar surface area (TPSA) is 78.9 Å². The number of carbonyl (C=O) groups excluding carboxylic acids is 1. The third-order valence-corrected chi connectivity index (χ3v) is 2.06. The van der Waals surface area contributed by atoms with Gasteiger partial charge in [0.2, 0.25) is 0 Å². The van der Waals surface area contributed by atoms with Crippen LogP contribution < -0.4 is 0 Å². The molecule has 6 nitrogen and oxygen atoms in total. The minimum Gasteiger partial charge on any atom is -0.460 e. The molecule has 0 N–H and O–H groups in total. The van der Waals surface area contributed by atoms with E-state index in [-0.39, 0.29) is 19.8 Å². The molecule has 0 aromatic carbocycles. The molecule has 88 valence electrons. The molecule has 0 saturated carbocycles. The summed E-state index contributed by atoms with van der Waals surface area (Å²) in [5, 5.41) is 0. The van der Waals surface area contributed by atoms with E-state index in [2.05, 4.69) is 19.7 Å². The highest BCUT2D eigenvalue weighted by molar-refractivity contribution is 7.81. The SMILES string of the molecule is C=CC(=O)OCCOS(=O)(=O)OCCC. The summed E-state index contributed by atoms with van der Waals surface area (Å²) in [4.78, 5) is 10.5. The predicted octanol–water partition coefficient (Wildman–Crippen LogP) is 0.404. The summed E-state index contributed by atoms with van der Waals surface area (Å²) in [5.74, 6) is -0.634. The second-order valence-corrected chi connectivity index (χ2v) is 3.71. The van der Waals surface area contributed by atoms with Gasteiger partial charge in [0, 0.05) is 6.08 Å². The minimum atomic E-state index is -3.97. The van der Waals surface area contributed by atoms with Crippen molar-refractivity contribution >= 4 is 16.4 Å². The van der Waals surface area contributed by atoms with E-state index in [9.17, 15) is 13.2 Å². The summed E-state index contributed by atoms with van der Waals surface area (Å²) in [6.07, 6.45) is 1.54. The van der Waals surface area contributed by atoms with Crippen molar-refractivity contribution < 1.29 is 26.3 Å². The van der Waals surface area contributed by atoms with Crippen LogP contribution in [0.25, 0.3) is 0 Å². The lowest BCUT2D eigenvalue weighted by Crippen LogP contribution is -2.15. The van der Waals surface area contributed by atoms with Gasteiger partial charge in [-0.2, -0.15) is 8.42 Å². The fourth-order valence-electron chi connectivity index (χ4n) is 0.557. The third kappa shape index (κ3) is 8.10. The van der Waals surface area contributed by atoms with Crippen molar-refractivity contribution in [3.05, 3.63) is 12.7 Å². The van der Waals surface area contributed by atoms with Crippen LogP contribution in [0.5, 0.6) is 0 Å². The van der Waals surface area contributed by atoms with E-state index in [4.69, 9.17) is 0 Å². The first-order valence-corrected chi connectivity index (χ1v) is 5.68. The predicted molar refractivity (Wildman–Crippen MR) is 52.3 cm³/mol. The number of rotatable bonds is 8. The maximum atomic E-state index is 10.9. The van der Waals surface area contributed by atoms with Gasteiger partial charge >= 0.3 is 16.4 Å². The lowest BCUT2D eigenvalue weighted by atomic mass is 10.5. The van der Waals surface area contributed by atoms with Gasteiger partial charge in [-0.25, -0.2) is 13.2 Å². The minimum absolute atomic E-state index is 0.0643. The molecule has 0 bridgehead atoms. The Morgan fingerprint density at radius 1 is 1.27 bits per heavy atom. The van der Waals surface area contributed by atoms with Crippen LogP contribution in [0.15, 0.2) is 12.7 Å². The molecule has 0 rings (SSSR count). The Hall–Kier alpha value is -0.920. The fourth-order valence-corrected chi connectivity index (χ4v) is 1.27. The van der Waals surface area contributed by atoms with E-state index in [1.165, 1.54) is 0 Å². The molecular weight excluding hydrogens is 224 g/mol. The number of esters is 1. The second kappa shape index (κ2) is 7.38. The van der Waals surface area contributed by atoms with E-state index in [0.717, 1.165) is 6.08 Å². The van der Waals surface area contributed by atoms with Crippen LogP contribution in [0.3, 0.4) is 0 Å². The molecule has 7 heteroatoms. The van der Waals surface area contributed by atoms with Gasteiger partial charge in [0.15, 0.2) is 0 Å². The Balaban J connectivity index is 3.66. The molecule has 0 radical (unpaired) electrons. The van der Waals surface area contributed by atoms with Crippen molar-refractivity contribution in [2.45, 2.75) is 13.3 Å². The molecule has 15 heavy (non-hydrogen) atoms. The highest BCUT2D eigenvalue weighted by atomic mass is 32.3. The van der Waals surface area contributed by atoms with Gasteiger partial charge < -0.3 is 4.74 Å². The lowest BCUT2D eigenvalue weighted by Gasteiger charge is -2.04. The Kier molecular flexibility index (Phi) is 6.93. The third-order valence-electron chi connectivity index (χ3n) is 1.15. The zero-order valence-electron chi connectivity index (χ0n) is 8.47. The normalized spacial score (nSPS) is 11.0. The molecule has 0 aromatic rings. The summed E-state index contributed by atoms with van der Waals surface area (Å²) in [6, 6.07) is 0. The zero-order chi connectivity index (χ0) is 11.7. The molecule has 0 aliphatic heterocycles. The molecular formula is C8H14O6S. The molecule has 0 aliphatic carbocycles. The van der Waals surface area contributed by atoms with Gasteiger partial charge in [-0.3, -0.25) is 0 Å². The highest BCUT2D eigenvalue weighted by Crippen LogP contribution is 1.97. The Morgan fingerprint density at radius 3 is 2.40 bits per heavy atom. The summed E-state index contributed by atoms with van der Waals surface area (Å²) in [5.41, 5.74) is 0. The number of hydrogen-bond acceptors (Lipinski definition) is 6. The first kappa shape index (κ1) is 14.1. The van der Waals surface area contributed by atoms with Crippen LogP contribution in [0.1, 0.15) is 13.3 Å². The lowest BCUT2D eigenvalue weighted by molar-refractivity contribution is -0.138. The molecule has 0 aliphatic rings. The van der Waals surface area contributed by atoms with Crippen LogP contribution in [0.4, 0.5) is 0 Å². The van der Waals surface area contributed by atoms with Gasteiger partial charge in [0.05, 0.1) is 6.61 Å². The van der Waals surface area contributed by atoms with Crippen molar-refractivity contribution in [1.29, 1.82) is 0 Å². The van der Waals surface area contributed by atoms with Crippen molar-refractivity contribution in [2.24, 2.45) is 0 Å². The molecule has 0 heterocycles. The van der Waals surface area contributed by atoms with E-state index < -0.39 is 16.4 Å². The molecule has 0 atom stereocenters. The monoisotopic (exact) mass is 238 g/mol. The largest absolute Gasteiger partial charge is 0.460 e. The fraction of sp³-hybridized carbons (Fsp3) is 0.625. The van der Waals surface area contributed by atoms with Crippen molar-refractivity contribution in [2.75, 3.05) is 19.8 Å². The summed E-state index contributed by atoms with van der Waals surface area (Å²) in [6.45, 7) is 4.56. The van der Waals surface area contributed by atoms with Gasteiger partial charge in [0.25, 0.3) is 0 Å². The summed E-state index contributed by atoms with van der Waals surface area (Å²) < 4.78 is 35.1. The smallest absolute Gasteiger partial charge is 0.399 e. The van der Waals surface area contributed by atoms with Crippen molar-refractivity contribution in [1.82, 2.24) is 0 Å². The van der Waals surface area contributed by atoms with Crippen LogP contribution in [0, 0.1) is 0 Å².